The maximum atomic E-state index is 4.73. The highest BCUT2D eigenvalue weighted by Crippen LogP contribution is 2.38. The maximum absolute atomic E-state index is 4.73. The standard InChI is InChI=1S/C11H14N2S/c1-7-3-4-8(2)10-9(7)12-11-13(10)5-6-14-11/h5-8H,3-4H2,1-2H3. The molecule has 0 fully saturated rings. The number of thiazole rings is 1. The second-order valence-electron chi connectivity index (χ2n) is 4.32. The number of fused-ring (bicyclic) bond motifs is 3. The number of rotatable bonds is 0. The summed E-state index contributed by atoms with van der Waals surface area (Å²) in [5.41, 5.74) is 2.80. The van der Waals surface area contributed by atoms with E-state index in [1.54, 1.807) is 11.3 Å². The number of imidazole rings is 1. The van der Waals surface area contributed by atoms with Crippen LogP contribution in [0.5, 0.6) is 0 Å². The van der Waals surface area contributed by atoms with Crippen LogP contribution >= 0.6 is 11.3 Å². The molecule has 1 aliphatic rings. The summed E-state index contributed by atoms with van der Waals surface area (Å²) in [6.07, 6.45) is 4.75. The first-order valence-electron chi connectivity index (χ1n) is 5.22. The summed E-state index contributed by atoms with van der Waals surface area (Å²) in [4.78, 5) is 5.89. The number of aromatic nitrogens is 2. The van der Waals surface area contributed by atoms with Crippen LogP contribution in [0.1, 0.15) is 49.9 Å². The van der Waals surface area contributed by atoms with Crippen LogP contribution in [-0.4, -0.2) is 9.38 Å². The third-order valence-electron chi connectivity index (χ3n) is 3.29. The quantitative estimate of drug-likeness (QED) is 0.645. The topological polar surface area (TPSA) is 17.3 Å². The van der Waals surface area contributed by atoms with Crippen molar-refractivity contribution in [1.29, 1.82) is 0 Å². The van der Waals surface area contributed by atoms with E-state index in [0.29, 0.717) is 11.8 Å². The number of hydrogen-bond donors (Lipinski definition) is 0. The van der Waals surface area contributed by atoms with Crippen molar-refractivity contribution in [3.63, 3.8) is 0 Å². The normalized spacial score (nSPS) is 26.7. The van der Waals surface area contributed by atoms with Crippen LogP contribution in [0, 0.1) is 0 Å². The summed E-state index contributed by atoms with van der Waals surface area (Å²) in [5, 5.41) is 2.12. The Balaban J connectivity index is 2.32. The number of nitrogens with zero attached hydrogens (tertiary/aromatic N) is 2. The summed E-state index contributed by atoms with van der Waals surface area (Å²) in [6, 6.07) is 0. The Morgan fingerprint density at radius 1 is 1.36 bits per heavy atom. The van der Waals surface area contributed by atoms with Crippen molar-refractivity contribution in [3.05, 3.63) is 23.0 Å². The second-order valence-corrected chi connectivity index (χ2v) is 5.19. The molecule has 2 heterocycles. The third kappa shape index (κ3) is 0.989. The molecule has 2 nitrogen and oxygen atoms in total. The van der Waals surface area contributed by atoms with Gasteiger partial charge >= 0.3 is 0 Å². The van der Waals surface area contributed by atoms with Gasteiger partial charge in [-0.15, -0.1) is 11.3 Å². The van der Waals surface area contributed by atoms with Crippen LogP contribution in [0.3, 0.4) is 0 Å². The smallest absolute Gasteiger partial charge is 0.194 e. The highest BCUT2D eigenvalue weighted by Gasteiger charge is 2.27. The first kappa shape index (κ1) is 8.48. The first-order chi connectivity index (χ1) is 6.77. The van der Waals surface area contributed by atoms with E-state index in [0.717, 1.165) is 4.96 Å². The molecule has 0 bridgehead atoms. The zero-order valence-corrected chi connectivity index (χ0v) is 9.34. The van der Waals surface area contributed by atoms with Gasteiger partial charge in [0.05, 0.1) is 5.69 Å². The molecule has 0 aliphatic heterocycles. The maximum Gasteiger partial charge on any atom is 0.194 e. The second kappa shape index (κ2) is 2.83. The van der Waals surface area contributed by atoms with Crippen molar-refractivity contribution in [1.82, 2.24) is 9.38 Å². The largest absolute Gasteiger partial charge is 0.294 e. The summed E-state index contributed by atoms with van der Waals surface area (Å²) in [5.74, 6) is 1.32. The average Bonchev–Trinajstić information content (AvgIpc) is 2.70. The molecule has 0 amide bonds. The van der Waals surface area contributed by atoms with E-state index in [2.05, 4.69) is 29.8 Å². The summed E-state index contributed by atoms with van der Waals surface area (Å²) < 4.78 is 2.28. The third-order valence-corrected chi connectivity index (χ3v) is 4.05. The van der Waals surface area contributed by atoms with E-state index in [1.165, 1.54) is 24.2 Å². The van der Waals surface area contributed by atoms with Crippen LogP contribution in [0.2, 0.25) is 0 Å². The lowest BCUT2D eigenvalue weighted by Gasteiger charge is -2.23. The Labute approximate surface area is 87.6 Å². The molecule has 0 aromatic carbocycles. The van der Waals surface area contributed by atoms with Crippen molar-refractivity contribution in [2.75, 3.05) is 0 Å². The van der Waals surface area contributed by atoms with Crippen molar-refractivity contribution in [3.8, 4) is 0 Å². The molecular weight excluding hydrogens is 192 g/mol. The molecule has 2 unspecified atom stereocenters. The Morgan fingerprint density at radius 3 is 3.00 bits per heavy atom. The van der Waals surface area contributed by atoms with Crippen LogP contribution in [0.4, 0.5) is 0 Å². The molecular formula is C11H14N2S. The Kier molecular flexibility index (Phi) is 1.71. The lowest BCUT2D eigenvalue weighted by atomic mass is 9.85. The van der Waals surface area contributed by atoms with Crippen molar-refractivity contribution in [2.45, 2.75) is 38.5 Å². The molecule has 2 atom stereocenters. The molecule has 3 heteroatoms. The van der Waals surface area contributed by atoms with Crippen molar-refractivity contribution >= 4 is 16.3 Å². The lowest BCUT2D eigenvalue weighted by Crippen LogP contribution is -2.11. The van der Waals surface area contributed by atoms with Crippen LogP contribution in [0.25, 0.3) is 4.96 Å². The Hall–Kier alpha value is -0.830. The van der Waals surface area contributed by atoms with Gasteiger partial charge in [0.15, 0.2) is 4.96 Å². The lowest BCUT2D eigenvalue weighted by molar-refractivity contribution is 0.508. The SMILES string of the molecule is CC1CCC(C)c2c1nc1sccn21. The fourth-order valence-electron chi connectivity index (χ4n) is 2.45. The molecule has 0 saturated carbocycles. The minimum Gasteiger partial charge on any atom is -0.294 e. The minimum atomic E-state index is 0.647. The molecule has 0 spiro atoms. The fourth-order valence-corrected chi connectivity index (χ4v) is 3.17. The highest BCUT2D eigenvalue weighted by atomic mass is 32.1. The van der Waals surface area contributed by atoms with Crippen molar-refractivity contribution in [2.24, 2.45) is 0 Å². The predicted molar refractivity (Wildman–Crippen MR) is 59.1 cm³/mol. The van der Waals surface area contributed by atoms with Gasteiger partial charge in [-0.05, 0) is 18.8 Å². The van der Waals surface area contributed by atoms with Gasteiger partial charge in [-0.25, -0.2) is 4.98 Å². The zero-order valence-electron chi connectivity index (χ0n) is 8.53. The fraction of sp³-hybridized carbons (Fsp3) is 0.545. The molecule has 2 aromatic heterocycles. The zero-order chi connectivity index (χ0) is 9.71. The van der Waals surface area contributed by atoms with Gasteiger partial charge in [-0.3, -0.25) is 4.40 Å². The van der Waals surface area contributed by atoms with Gasteiger partial charge in [-0.1, -0.05) is 13.8 Å². The predicted octanol–water partition coefficient (Wildman–Crippen LogP) is 3.40. The van der Waals surface area contributed by atoms with Crippen LogP contribution in [-0.2, 0) is 0 Å². The van der Waals surface area contributed by atoms with E-state index in [4.69, 9.17) is 4.98 Å². The molecule has 74 valence electrons. The Bertz CT molecular complexity index is 469. The van der Waals surface area contributed by atoms with E-state index in [9.17, 15) is 0 Å². The molecule has 0 radical (unpaired) electrons. The Morgan fingerprint density at radius 2 is 2.14 bits per heavy atom. The van der Waals surface area contributed by atoms with E-state index in [-0.39, 0.29) is 0 Å². The van der Waals surface area contributed by atoms with Gasteiger partial charge in [0.1, 0.15) is 0 Å². The molecule has 1 aliphatic carbocycles. The van der Waals surface area contributed by atoms with E-state index >= 15 is 0 Å². The highest BCUT2D eigenvalue weighted by molar-refractivity contribution is 7.15. The van der Waals surface area contributed by atoms with Gasteiger partial charge in [0.2, 0.25) is 0 Å². The number of hydrogen-bond acceptors (Lipinski definition) is 2. The first-order valence-corrected chi connectivity index (χ1v) is 6.10. The molecule has 2 aromatic rings. The average molecular weight is 206 g/mol. The summed E-state index contributed by atoms with van der Waals surface area (Å²) in [6.45, 7) is 4.61. The molecule has 0 N–H and O–H groups in total. The van der Waals surface area contributed by atoms with Crippen LogP contribution < -0.4 is 0 Å². The van der Waals surface area contributed by atoms with Gasteiger partial charge < -0.3 is 0 Å². The van der Waals surface area contributed by atoms with E-state index in [1.807, 2.05) is 0 Å². The van der Waals surface area contributed by atoms with Gasteiger partial charge in [0, 0.05) is 23.2 Å². The van der Waals surface area contributed by atoms with E-state index < -0.39 is 0 Å². The molecule has 14 heavy (non-hydrogen) atoms. The monoisotopic (exact) mass is 206 g/mol. The van der Waals surface area contributed by atoms with Gasteiger partial charge in [0.25, 0.3) is 0 Å². The minimum absolute atomic E-state index is 0.647. The van der Waals surface area contributed by atoms with Gasteiger partial charge in [-0.2, -0.15) is 0 Å². The molecule has 3 rings (SSSR count). The summed E-state index contributed by atoms with van der Waals surface area (Å²) >= 11 is 1.74. The summed E-state index contributed by atoms with van der Waals surface area (Å²) in [7, 11) is 0. The van der Waals surface area contributed by atoms with Crippen molar-refractivity contribution < 1.29 is 0 Å². The molecule has 0 saturated heterocycles. The van der Waals surface area contributed by atoms with Crippen LogP contribution in [0.15, 0.2) is 11.6 Å².